The molecule has 3 fully saturated rings. The molecule has 300 valence electrons. The van der Waals surface area contributed by atoms with Crippen molar-refractivity contribution < 1.29 is 23.5 Å². The summed E-state index contributed by atoms with van der Waals surface area (Å²) in [6.07, 6.45) is 3.63. The minimum atomic E-state index is -0.839. The number of aliphatic hydroxyl groups is 1. The van der Waals surface area contributed by atoms with Gasteiger partial charge < -0.3 is 24.7 Å². The fourth-order valence-corrected chi connectivity index (χ4v) is 9.30. The molecule has 10 nitrogen and oxygen atoms in total. The minimum Gasteiger partial charge on any atom is -0.387 e. The zero-order chi connectivity index (χ0) is 39.6. The van der Waals surface area contributed by atoms with Crippen molar-refractivity contribution in [2.24, 2.45) is 5.92 Å². The fourth-order valence-electron chi connectivity index (χ4n) is 9.18. The van der Waals surface area contributed by atoms with E-state index in [9.17, 15) is 14.7 Å². The van der Waals surface area contributed by atoms with Crippen molar-refractivity contribution >= 4 is 29.2 Å². The summed E-state index contributed by atoms with van der Waals surface area (Å²) in [7, 11) is 0. The number of halogens is 3. The van der Waals surface area contributed by atoms with E-state index in [2.05, 4.69) is 31.6 Å². The third-order valence-corrected chi connectivity index (χ3v) is 12.7. The Morgan fingerprint density at radius 2 is 1.46 bits per heavy atom. The van der Waals surface area contributed by atoms with Gasteiger partial charge in [-0.1, -0.05) is 61.0 Å². The van der Waals surface area contributed by atoms with Crippen LogP contribution in [0.3, 0.4) is 0 Å². The van der Waals surface area contributed by atoms with Crippen LogP contribution in [0, 0.1) is 17.6 Å². The summed E-state index contributed by atoms with van der Waals surface area (Å²) in [6.45, 7) is 10.0. The van der Waals surface area contributed by atoms with Crippen LogP contribution in [0.25, 0.3) is 11.1 Å². The van der Waals surface area contributed by atoms with Crippen LogP contribution in [0.2, 0.25) is 5.02 Å². The van der Waals surface area contributed by atoms with Crippen LogP contribution in [0.4, 0.5) is 14.6 Å². The number of piperazine rings is 2. The molecule has 0 saturated carbocycles. The van der Waals surface area contributed by atoms with Gasteiger partial charge in [-0.3, -0.25) is 14.5 Å². The number of fused-ring (bicyclic) bond motifs is 1. The Labute approximate surface area is 338 Å². The molecule has 8 rings (SSSR count). The van der Waals surface area contributed by atoms with Gasteiger partial charge in [0, 0.05) is 76.0 Å². The van der Waals surface area contributed by atoms with Gasteiger partial charge in [0.1, 0.15) is 29.3 Å². The van der Waals surface area contributed by atoms with Gasteiger partial charge in [0.25, 0.3) is 5.91 Å². The van der Waals surface area contributed by atoms with Crippen LogP contribution >= 0.6 is 11.6 Å². The first-order valence-electron chi connectivity index (χ1n) is 20.2. The number of hydrogen-bond donors (Lipinski definition) is 1. The largest absolute Gasteiger partial charge is 0.387 e. The SMILES string of the molecule is C[C@@H]1C[C@@H](O)c2ncnc(N3CCN(C(=O)[C@@H](CN4CCC(CN5CCN(C(=O)c6c(F)cc(-c7ccccc7)cc6F)CC5)CC4)c4ccc(Cl)cc4)CC3)c21. The fraction of sp³-hybridized carbons (Fsp3) is 0.455. The number of rotatable bonds is 9. The highest BCUT2D eigenvalue weighted by molar-refractivity contribution is 6.30. The Kier molecular flexibility index (Phi) is 11.8. The number of amides is 2. The monoisotopic (exact) mass is 797 g/mol. The van der Waals surface area contributed by atoms with Gasteiger partial charge in [-0.05, 0) is 85.1 Å². The van der Waals surface area contributed by atoms with E-state index >= 15 is 8.78 Å². The van der Waals surface area contributed by atoms with Gasteiger partial charge in [0.05, 0.1) is 17.7 Å². The Hall–Kier alpha value is -4.49. The van der Waals surface area contributed by atoms with Gasteiger partial charge in [0.2, 0.25) is 5.91 Å². The molecule has 57 heavy (non-hydrogen) atoms. The molecular weight excluding hydrogens is 748 g/mol. The van der Waals surface area contributed by atoms with E-state index < -0.39 is 29.2 Å². The van der Waals surface area contributed by atoms with Crippen molar-refractivity contribution in [3.05, 3.63) is 112 Å². The van der Waals surface area contributed by atoms with Gasteiger partial charge in [-0.15, -0.1) is 0 Å². The number of aromatic nitrogens is 2. The van der Waals surface area contributed by atoms with Crippen molar-refractivity contribution in [2.75, 3.05) is 83.4 Å². The second kappa shape index (κ2) is 17.2. The molecule has 0 bridgehead atoms. The van der Waals surface area contributed by atoms with E-state index in [1.54, 1.807) is 29.2 Å². The molecule has 4 heterocycles. The predicted molar refractivity (Wildman–Crippen MR) is 216 cm³/mol. The molecule has 4 aromatic rings. The van der Waals surface area contributed by atoms with E-state index in [1.807, 2.05) is 35.2 Å². The van der Waals surface area contributed by atoms with Crippen molar-refractivity contribution in [1.82, 2.24) is 29.6 Å². The predicted octanol–water partition coefficient (Wildman–Crippen LogP) is 6.22. The van der Waals surface area contributed by atoms with E-state index in [4.69, 9.17) is 11.6 Å². The number of benzene rings is 3. The van der Waals surface area contributed by atoms with Gasteiger partial charge in [-0.25, -0.2) is 18.7 Å². The third kappa shape index (κ3) is 8.55. The number of likely N-dealkylation sites (tertiary alicyclic amines) is 1. The van der Waals surface area contributed by atoms with E-state index in [1.165, 1.54) is 18.5 Å². The quantitative estimate of drug-likeness (QED) is 0.214. The summed E-state index contributed by atoms with van der Waals surface area (Å²) in [4.78, 5) is 47.1. The highest BCUT2D eigenvalue weighted by atomic mass is 35.5. The first kappa shape index (κ1) is 39.3. The maximum atomic E-state index is 15.1. The first-order chi connectivity index (χ1) is 27.6. The molecule has 3 aromatic carbocycles. The summed E-state index contributed by atoms with van der Waals surface area (Å²) in [5.41, 5.74) is 3.32. The molecule has 3 aliphatic heterocycles. The summed E-state index contributed by atoms with van der Waals surface area (Å²) < 4.78 is 30.3. The summed E-state index contributed by atoms with van der Waals surface area (Å²) in [5.74, 6) is -0.947. The second-order valence-electron chi connectivity index (χ2n) is 16.1. The van der Waals surface area contributed by atoms with Crippen molar-refractivity contribution in [3.8, 4) is 11.1 Å². The van der Waals surface area contributed by atoms with Crippen LogP contribution in [-0.4, -0.2) is 125 Å². The molecule has 2 amide bonds. The lowest BCUT2D eigenvalue weighted by molar-refractivity contribution is -0.133. The number of hydrogen-bond acceptors (Lipinski definition) is 8. The maximum Gasteiger partial charge on any atom is 0.259 e. The highest BCUT2D eigenvalue weighted by Crippen LogP contribution is 2.43. The molecule has 0 unspecified atom stereocenters. The topological polar surface area (TPSA) is 96.3 Å². The molecular formula is C44H50ClF2N7O3. The zero-order valence-electron chi connectivity index (χ0n) is 32.4. The van der Waals surface area contributed by atoms with Gasteiger partial charge >= 0.3 is 0 Å². The molecule has 3 saturated heterocycles. The average molecular weight is 798 g/mol. The molecule has 13 heteroatoms. The van der Waals surface area contributed by atoms with E-state index in [0.29, 0.717) is 87.4 Å². The standard InChI is InChI=1S/C44H50ClF2N7O3/c1-29-23-38(55)41-39(29)42(49-28-48-41)52-19-21-53(22-20-52)43(56)35(32-7-9-34(45)10-8-32)27-50-13-11-30(12-14-50)26-51-15-17-54(18-16-51)44(57)40-36(46)24-33(25-37(40)47)31-5-3-2-4-6-31/h2-10,24-25,28-30,35,38,55H,11-23,26-27H2,1H3/t29-,35+,38-/m1/s1. The highest BCUT2D eigenvalue weighted by Gasteiger charge is 2.36. The van der Waals surface area contributed by atoms with Gasteiger partial charge in [-0.2, -0.15) is 0 Å². The molecule has 0 radical (unpaired) electrons. The van der Waals surface area contributed by atoms with Crippen LogP contribution in [0.5, 0.6) is 0 Å². The number of carbonyl (C=O) groups is 2. The molecule has 4 aliphatic rings. The normalized spacial score (nSPS) is 21.5. The first-order valence-corrected chi connectivity index (χ1v) is 20.6. The second-order valence-corrected chi connectivity index (χ2v) is 16.5. The maximum absolute atomic E-state index is 15.1. The van der Waals surface area contributed by atoms with Gasteiger partial charge in [0.15, 0.2) is 0 Å². The Balaban J connectivity index is 0.834. The summed E-state index contributed by atoms with van der Waals surface area (Å²) in [5, 5.41) is 11.1. The van der Waals surface area contributed by atoms with Crippen LogP contribution in [0.15, 0.2) is 73.1 Å². The van der Waals surface area contributed by atoms with Crippen molar-refractivity contribution in [2.45, 2.75) is 44.1 Å². The van der Waals surface area contributed by atoms with E-state index in [-0.39, 0.29) is 17.7 Å². The number of aliphatic hydroxyl groups excluding tert-OH is 1. The zero-order valence-corrected chi connectivity index (χ0v) is 33.1. The lowest BCUT2D eigenvalue weighted by Crippen LogP contribution is -2.52. The lowest BCUT2D eigenvalue weighted by Gasteiger charge is -2.40. The lowest BCUT2D eigenvalue weighted by atomic mass is 9.92. The van der Waals surface area contributed by atoms with Crippen molar-refractivity contribution in [3.63, 3.8) is 0 Å². The molecule has 1 aliphatic carbocycles. The van der Waals surface area contributed by atoms with Crippen LogP contribution in [0.1, 0.15) is 71.3 Å². The van der Waals surface area contributed by atoms with Crippen LogP contribution in [-0.2, 0) is 4.79 Å². The molecule has 1 aromatic heterocycles. The smallest absolute Gasteiger partial charge is 0.259 e. The number of nitrogens with zero attached hydrogens (tertiary/aromatic N) is 7. The van der Waals surface area contributed by atoms with Crippen LogP contribution < -0.4 is 4.90 Å². The summed E-state index contributed by atoms with van der Waals surface area (Å²) in [6, 6.07) is 19.1. The number of anilines is 1. The summed E-state index contributed by atoms with van der Waals surface area (Å²) >= 11 is 6.26. The molecule has 0 spiro atoms. The third-order valence-electron chi connectivity index (χ3n) is 12.4. The Morgan fingerprint density at radius 3 is 2.12 bits per heavy atom. The Bertz CT molecular complexity index is 2030. The minimum absolute atomic E-state index is 0.120. The average Bonchev–Trinajstić information content (AvgIpc) is 3.53. The van der Waals surface area contributed by atoms with E-state index in [0.717, 1.165) is 55.1 Å². The van der Waals surface area contributed by atoms with Crippen molar-refractivity contribution in [1.29, 1.82) is 0 Å². The Morgan fingerprint density at radius 1 is 0.807 bits per heavy atom. The molecule has 3 atom stereocenters. The number of piperidine rings is 1. The number of carbonyl (C=O) groups excluding carboxylic acids is 2. The molecule has 1 N–H and O–H groups in total.